The van der Waals surface area contributed by atoms with E-state index in [1.54, 1.807) is 16.4 Å². The Labute approximate surface area is 124 Å². The number of hydrogen-bond acceptors (Lipinski definition) is 2. The van der Waals surface area contributed by atoms with Gasteiger partial charge in [0.2, 0.25) is 10.0 Å². The van der Waals surface area contributed by atoms with E-state index in [2.05, 4.69) is 22.9 Å². The van der Waals surface area contributed by atoms with Crippen molar-refractivity contribution in [1.82, 2.24) is 4.31 Å². The van der Waals surface area contributed by atoms with Gasteiger partial charge in [-0.1, -0.05) is 22.9 Å². The molecule has 1 aliphatic rings. The maximum absolute atomic E-state index is 12.8. The lowest BCUT2D eigenvalue weighted by Gasteiger charge is -2.27. The molecule has 1 aromatic carbocycles. The summed E-state index contributed by atoms with van der Waals surface area (Å²) in [4.78, 5) is 0.403. The third-order valence-corrected chi connectivity index (χ3v) is 6.84. The molecule has 0 amide bonds. The molecule has 3 nitrogen and oxygen atoms in total. The molecule has 1 heterocycles. The van der Waals surface area contributed by atoms with Gasteiger partial charge in [0.05, 0.1) is 4.90 Å². The van der Waals surface area contributed by atoms with E-state index in [4.69, 9.17) is 0 Å². The Balaban J connectivity index is 2.43. The third kappa shape index (κ3) is 2.73. The molecule has 106 valence electrons. The lowest BCUT2D eigenvalue weighted by Crippen LogP contribution is -2.39. The number of sulfonamides is 1. The average Bonchev–Trinajstić information content (AvgIpc) is 2.74. The lowest BCUT2D eigenvalue weighted by atomic mass is 10.2. The maximum atomic E-state index is 12.8. The minimum absolute atomic E-state index is 0.0962. The molecule has 0 aliphatic carbocycles. The normalized spacial score (nSPS) is 24.8. The van der Waals surface area contributed by atoms with Crippen molar-refractivity contribution in [2.24, 2.45) is 0 Å². The van der Waals surface area contributed by atoms with E-state index >= 15 is 0 Å². The van der Waals surface area contributed by atoms with Gasteiger partial charge in [-0.05, 0) is 56.9 Å². The predicted octanol–water partition coefficient (Wildman–Crippen LogP) is 3.71. The Hall–Kier alpha value is -0.390. The van der Waals surface area contributed by atoms with Crippen molar-refractivity contribution in [2.45, 2.75) is 57.0 Å². The fourth-order valence-electron chi connectivity index (χ4n) is 2.76. The van der Waals surface area contributed by atoms with Crippen molar-refractivity contribution in [2.75, 3.05) is 0 Å². The Bertz CT molecular complexity index is 571. The van der Waals surface area contributed by atoms with Gasteiger partial charge in [0.1, 0.15) is 0 Å². The van der Waals surface area contributed by atoms with Gasteiger partial charge in [-0.2, -0.15) is 4.31 Å². The molecule has 0 spiro atoms. The zero-order valence-electron chi connectivity index (χ0n) is 11.6. The second-order valence-electron chi connectivity index (χ2n) is 5.23. The molecule has 0 radical (unpaired) electrons. The summed E-state index contributed by atoms with van der Waals surface area (Å²) in [6, 6.07) is 5.48. The first-order valence-corrected chi connectivity index (χ1v) is 8.91. The molecule has 0 bridgehead atoms. The lowest BCUT2D eigenvalue weighted by molar-refractivity contribution is 0.328. The second-order valence-corrected chi connectivity index (χ2v) is 7.93. The van der Waals surface area contributed by atoms with Gasteiger partial charge in [-0.15, -0.1) is 0 Å². The van der Waals surface area contributed by atoms with Crippen molar-refractivity contribution in [3.63, 3.8) is 0 Å². The monoisotopic (exact) mass is 345 g/mol. The van der Waals surface area contributed by atoms with Gasteiger partial charge >= 0.3 is 0 Å². The highest BCUT2D eigenvalue weighted by molar-refractivity contribution is 9.10. The van der Waals surface area contributed by atoms with Crippen LogP contribution in [0.1, 0.15) is 38.7 Å². The van der Waals surface area contributed by atoms with Crippen LogP contribution in [0.2, 0.25) is 0 Å². The van der Waals surface area contributed by atoms with E-state index in [0.29, 0.717) is 4.90 Å². The van der Waals surface area contributed by atoms with Crippen molar-refractivity contribution < 1.29 is 8.42 Å². The number of hydrogen-bond donors (Lipinski definition) is 0. The number of halogens is 1. The van der Waals surface area contributed by atoms with E-state index in [-0.39, 0.29) is 12.1 Å². The first-order valence-electron chi connectivity index (χ1n) is 6.67. The quantitative estimate of drug-likeness (QED) is 0.837. The largest absolute Gasteiger partial charge is 0.243 e. The first kappa shape index (κ1) is 15.0. The highest BCUT2D eigenvalue weighted by Gasteiger charge is 2.39. The summed E-state index contributed by atoms with van der Waals surface area (Å²) < 4.78 is 28.2. The number of nitrogens with zero attached hydrogens (tertiary/aromatic N) is 1. The zero-order valence-corrected chi connectivity index (χ0v) is 14.0. The van der Waals surface area contributed by atoms with Crippen LogP contribution in [-0.2, 0) is 10.0 Å². The highest BCUT2D eigenvalue weighted by atomic mass is 79.9. The fraction of sp³-hybridized carbons (Fsp3) is 0.571. The summed E-state index contributed by atoms with van der Waals surface area (Å²) >= 11 is 3.41. The molecule has 1 fully saturated rings. The van der Waals surface area contributed by atoms with Crippen LogP contribution in [0.25, 0.3) is 0 Å². The van der Waals surface area contributed by atoms with Crippen LogP contribution >= 0.6 is 15.9 Å². The van der Waals surface area contributed by atoms with Crippen molar-refractivity contribution in [1.29, 1.82) is 0 Å². The fourth-order valence-corrected chi connectivity index (χ4v) is 5.05. The SMILES string of the molecule is CCC1CCC(C)N1S(=O)(=O)c1ccc(Br)c(C)c1. The molecule has 2 unspecified atom stereocenters. The Morgan fingerprint density at radius 3 is 2.63 bits per heavy atom. The maximum Gasteiger partial charge on any atom is 0.243 e. The number of rotatable bonds is 3. The van der Waals surface area contributed by atoms with Crippen molar-refractivity contribution in [3.05, 3.63) is 28.2 Å². The number of benzene rings is 1. The molecular formula is C14H20BrNO2S. The van der Waals surface area contributed by atoms with Gasteiger partial charge in [0.25, 0.3) is 0 Å². The van der Waals surface area contributed by atoms with Crippen LogP contribution in [0.4, 0.5) is 0 Å². The molecule has 1 aliphatic heterocycles. The van der Waals surface area contributed by atoms with E-state index in [9.17, 15) is 8.42 Å². The predicted molar refractivity (Wildman–Crippen MR) is 80.7 cm³/mol. The summed E-state index contributed by atoms with van der Waals surface area (Å²) in [5.74, 6) is 0. The van der Waals surface area contributed by atoms with E-state index in [1.165, 1.54) is 0 Å². The average molecular weight is 346 g/mol. The van der Waals surface area contributed by atoms with Crippen LogP contribution in [0, 0.1) is 6.92 Å². The zero-order chi connectivity index (χ0) is 14.2. The molecule has 2 rings (SSSR count). The molecular weight excluding hydrogens is 326 g/mol. The molecule has 2 atom stereocenters. The van der Waals surface area contributed by atoms with Crippen molar-refractivity contribution >= 4 is 26.0 Å². The van der Waals surface area contributed by atoms with Crippen LogP contribution in [0.15, 0.2) is 27.6 Å². The first-order chi connectivity index (χ1) is 8.87. The van der Waals surface area contributed by atoms with E-state index in [1.807, 2.05) is 19.9 Å². The minimum atomic E-state index is -3.38. The summed E-state index contributed by atoms with van der Waals surface area (Å²) in [5.41, 5.74) is 0.945. The Kier molecular flexibility index (Phi) is 4.38. The van der Waals surface area contributed by atoms with Crippen LogP contribution in [0.5, 0.6) is 0 Å². The second kappa shape index (κ2) is 5.54. The Morgan fingerprint density at radius 1 is 1.37 bits per heavy atom. The van der Waals surface area contributed by atoms with Crippen LogP contribution < -0.4 is 0 Å². The van der Waals surface area contributed by atoms with E-state index < -0.39 is 10.0 Å². The Morgan fingerprint density at radius 2 is 2.05 bits per heavy atom. The summed E-state index contributed by atoms with van der Waals surface area (Å²) in [6.45, 7) is 5.96. The van der Waals surface area contributed by atoms with E-state index in [0.717, 1.165) is 29.3 Å². The molecule has 5 heteroatoms. The van der Waals surface area contributed by atoms with Gasteiger partial charge in [0.15, 0.2) is 0 Å². The molecule has 0 saturated carbocycles. The molecule has 1 aromatic rings. The van der Waals surface area contributed by atoms with Gasteiger partial charge in [0, 0.05) is 16.6 Å². The molecule has 1 saturated heterocycles. The van der Waals surface area contributed by atoms with Crippen LogP contribution in [0.3, 0.4) is 0 Å². The summed E-state index contributed by atoms with van der Waals surface area (Å²) in [7, 11) is -3.38. The third-order valence-electron chi connectivity index (χ3n) is 3.89. The van der Waals surface area contributed by atoms with Crippen LogP contribution in [-0.4, -0.2) is 24.8 Å². The highest BCUT2D eigenvalue weighted by Crippen LogP contribution is 2.33. The summed E-state index contributed by atoms with van der Waals surface area (Å²) in [5, 5.41) is 0. The number of aryl methyl sites for hydroxylation is 1. The van der Waals surface area contributed by atoms with Gasteiger partial charge in [-0.25, -0.2) is 8.42 Å². The van der Waals surface area contributed by atoms with Gasteiger partial charge < -0.3 is 0 Å². The smallest absolute Gasteiger partial charge is 0.207 e. The molecule has 0 N–H and O–H groups in total. The van der Waals surface area contributed by atoms with Crippen molar-refractivity contribution in [3.8, 4) is 0 Å². The topological polar surface area (TPSA) is 37.4 Å². The molecule has 0 aromatic heterocycles. The standard InChI is InChI=1S/C14H20BrNO2S/c1-4-12-6-5-11(3)16(12)19(17,18)13-7-8-14(15)10(2)9-13/h7-9,11-12H,4-6H2,1-3H3. The van der Waals surface area contributed by atoms with Gasteiger partial charge in [-0.3, -0.25) is 0 Å². The summed E-state index contributed by atoms with van der Waals surface area (Å²) in [6.07, 6.45) is 2.79. The molecule has 19 heavy (non-hydrogen) atoms. The minimum Gasteiger partial charge on any atom is -0.207 e.